The predicted octanol–water partition coefficient (Wildman–Crippen LogP) is 3.48. The van der Waals surface area contributed by atoms with Crippen molar-refractivity contribution in [2.45, 2.75) is 0 Å². The summed E-state index contributed by atoms with van der Waals surface area (Å²) < 4.78 is 5.70. The van der Waals surface area contributed by atoms with Crippen LogP contribution in [0.1, 0.15) is 0 Å². The van der Waals surface area contributed by atoms with Gasteiger partial charge in [0.05, 0.1) is 0 Å². The van der Waals surface area contributed by atoms with Gasteiger partial charge in [0.1, 0.15) is 5.52 Å². The lowest BCUT2D eigenvalue weighted by Gasteiger charge is -2.04. The van der Waals surface area contributed by atoms with Crippen molar-refractivity contribution in [2.24, 2.45) is 0 Å². The molecule has 0 unspecified atom stereocenters. The van der Waals surface area contributed by atoms with Gasteiger partial charge in [-0.2, -0.15) is 0 Å². The van der Waals surface area contributed by atoms with Crippen LogP contribution in [0, 0.1) is 0 Å². The van der Waals surface area contributed by atoms with Gasteiger partial charge in [-0.05, 0) is 23.8 Å². The third kappa shape index (κ3) is 0.814. The van der Waals surface area contributed by atoms with Gasteiger partial charge in [0.2, 0.25) is 5.89 Å². The minimum atomic E-state index is 0.712. The predicted molar refractivity (Wildman–Crippen MR) is 58.4 cm³/mol. The van der Waals surface area contributed by atoms with Crippen LogP contribution in [0.3, 0.4) is 0 Å². The summed E-state index contributed by atoms with van der Waals surface area (Å²) in [7, 11) is 0. The molecule has 0 amide bonds. The Hall–Kier alpha value is -2.09. The lowest BCUT2D eigenvalue weighted by Crippen LogP contribution is -1.85. The highest BCUT2D eigenvalue weighted by Gasteiger charge is 2.15. The van der Waals surface area contributed by atoms with Crippen molar-refractivity contribution < 1.29 is 4.42 Å². The zero-order chi connectivity index (χ0) is 9.83. The van der Waals surface area contributed by atoms with Gasteiger partial charge in [-0.1, -0.05) is 24.3 Å². The Morgan fingerprint density at radius 1 is 0.867 bits per heavy atom. The van der Waals surface area contributed by atoms with Crippen molar-refractivity contribution in [2.75, 3.05) is 0 Å². The molecular weight excluding hydrogens is 186 g/mol. The molecule has 0 spiro atoms. The van der Waals surface area contributed by atoms with E-state index in [1.807, 2.05) is 24.3 Å². The fourth-order valence-corrected chi connectivity index (χ4v) is 2.10. The summed E-state index contributed by atoms with van der Waals surface area (Å²) in [6.07, 6.45) is 0. The van der Waals surface area contributed by atoms with Gasteiger partial charge in [-0.3, -0.25) is 0 Å². The van der Waals surface area contributed by atoms with Crippen molar-refractivity contribution in [1.82, 2.24) is 4.98 Å². The number of fused-ring (bicyclic) bond motifs is 2. The molecule has 2 heteroatoms. The number of nitrogens with zero attached hydrogens (tertiary/aromatic N) is 1. The van der Waals surface area contributed by atoms with E-state index in [1.165, 1.54) is 5.56 Å². The maximum absolute atomic E-state index is 5.70. The van der Waals surface area contributed by atoms with Gasteiger partial charge in [-0.25, -0.2) is 4.98 Å². The van der Waals surface area contributed by atoms with E-state index >= 15 is 0 Å². The molecule has 0 saturated heterocycles. The molecule has 3 heterocycles. The molecule has 0 atom stereocenters. The van der Waals surface area contributed by atoms with Crippen LogP contribution in [0.25, 0.3) is 33.7 Å². The summed E-state index contributed by atoms with van der Waals surface area (Å²) in [5, 5.41) is 0. The molecule has 70 valence electrons. The zero-order valence-corrected chi connectivity index (χ0v) is 7.90. The number of aromatic nitrogens is 1. The molecule has 0 N–H and O–H groups in total. The molecule has 0 aliphatic carbocycles. The lowest BCUT2D eigenvalue weighted by molar-refractivity contribution is 0.620. The van der Waals surface area contributed by atoms with E-state index in [0.717, 1.165) is 22.2 Å². The second-order valence-electron chi connectivity index (χ2n) is 3.75. The quantitative estimate of drug-likeness (QED) is 0.427. The Bertz CT molecular complexity index is 665. The minimum absolute atomic E-state index is 0.712. The lowest BCUT2D eigenvalue weighted by atomic mass is 10.0. The number of rotatable bonds is 0. The Morgan fingerprint density at radius 3 is 2.53 bits per heavy atom. The first-order chi connectivity index (χ1) is 7.42. The first kappa shape index (κ1) is 7.23. The number of hydrogen-bond acceptors (Lipinski definition) is 2. The van der Waals surface area contributed by atoms with Crippen molar-refractivity contribution in [3.63, 3.8) is 0 Å². The van der Waals surface area contributed by atoms with Crippen molar-refractivity contribution in [1.29, 1.82) is 0 Å². The summed E-state index contributed by atoms with van der Waals surface area (Å²) in [6, 6.07) is 14.4. The van der Waals surface area contributed by atoms with E-state index in [1.54, 1.807) is 0 Å². The van der Waals surface area contributed by atoms with Crippen LogP contribution in [-0.4, -0.2) is 4.98 Å². The van der Waals surface area contributed by atoms with Crippen molar-refractivity contribution in [3.8, 4) is 22.6 Å². The number of para-hydroxylation sites is 1. The van der Waals surface area contributed by atoms with Crippen LogP contribution >= 0.6 is 0 Å². The Labute approximate surface area is 86.2 Å². The van der Waals surface area contributed by atoms with Crippen molar-refractivity contribution >= 4 is 11.1 Å². The van der Waals surface area contributed by atoms with E-state index in [-0.39, 0.29) is 0 Å². The topological polar surface area (TPSA) is 26.0 Å². The molecule has 4 bridgehead atoms. The summed E-state index contributed by atoms with van der Waals surface area (Å²) >= 11 is 0. The zero-order valence-electron chi connectivity index (χ0n) is 7.90. The Balaban J connectivity index is 2.35. The van der Waals surface area contributed by atoms with Crippen molar-refractivity contribution in [3.05, 3.63) is 42.5 Å². The van der Waals surface area contributed by atoms with Gasteiger partial charge in [-0.15, -0.1) is 0 Å². The molecule has 3 aromatic rings. The van der Waals surface area contributed by atoms with Crippen LogP contribution in [0.2, 0.25) is 0 Å². The first-order valence-corrected chi connectivity index (χ1v) is 4.92. The summed E-state index contributed by atoms with van der Waals surface area (Å²) in [5.41, 5.74) is 5.22. The van der Waals surface area contributed by atoms with Gasteiger partial charge >= 0.3 is 0 Å². The largest absolute Gasteiger partial charge is 0.436 e. The van der Waals surface area contributed by atoms with Gasteiger partial charge < -0.3 is 4.42 Å². The molecule has 15 heavy (non-hydrogen) atoms. The second-order valence-corrected chi connectivity index (χ2v) is 3.75. The Morgan fingerprint density at radius 2 is 1.67 bits per heavy atom. The van der Waals surface area contributed by atoms with E-state index < -0.39 is 0 Å². The van der Waals surface area contributed by atoms with E-state index in [4.69, 9.17) is 4.42 Å². The standard InChI is InChI=1S/C13H7NO/c1-2-10-8-4-6-9(7-5-8)13-14-12(10)11(3-1)15-13/h1-7H. The molecule has 2 aliphatic heterocycles. The first-order valence-electron chi connectivity index (χ1n) is 4.92. The van der Waals surface area contributed by atoms with Gasteiger partial charge in [0.15, 0.2) is 5.58 Å². The molecule has 1 aromatic heterocycles. The van der Waals surface area contributed by atoms with Crippen LogP contribution in [0.4, 0.5) is 0 Å². The highest BCUT2D eigenvalue weighted by Crippen LogP contribution is 2.35. The normalized spacial score (nSPS) is 12.0. The average molecular weight is 193 g/mol. The fourth-order valence-electron chi connectivity index (χ4n) is 2.10. The smallest absolute Gasteiger partial charge is 0.227 e. The number of oxazole rings is 1. The van der Waals surface area contributed by atoms with Crippen LogP contribution in [-0.2, 0) is 0 Å². The summed E-state index contributed by atoms with van der Waals surface area (Å²) in [4.78, 5) is 4.51. The molecule has 0 radical (unpaired) electrons. The SMILES string of the molecule is c1cc2c3nc(oc3c1)-c1ccc-2cc1. The average Bonchev–Trinajstić information content (AvgIpc) is 2.70. The van der Waals surface area contributed by atoms with Crippen LogP contribution in [0.5, 0.6) is 0 Å². The third-order valence-electron chi connectivity index (χ3n) is 2.86. The molecule has 2 nitrogen and oxygen atoms in total. The maximum Gasteiger partial charge on any atom is 0.227 e. The molecule has 0 fully saturated rings. The number of hydrogen-bond donors (Lipinski definition) is 0. The molecule has 0 saturated carbocycles. The van der Waals surface area contributed by atoms with Gasteiger partial charge in [0, 0.05) is 11.1 Å². The van der Waals surface area contributed by atoms with E-state index in [0.29, 0.717) is 5.89 Å². The molecule has 2 aromatic carbocycles. The van der Waals surface area contributed by atoms with Crippen LogP contribution < -0.4 is 0 Å². The van der Waals surface area contributed by atoms with Crippen LogP contribution in [0.15, 0.2) is 46.9 Å². The number of benzene rings is 2. The maximum atomic E-state index is 5.70. The summed E-state index contributed by atoms with van der Waals surface area (Å²) in [5.74, 6) is 0.712. The third-order valence-corrected chi connectivity index (χ3v) is 2.86. The summed E-state index contributed by atoms with van der Waals surface area (Å²) in [6.45, 7) is 0. The molecule has 2 aliphatic rings. The van der Waals surface area contributed by atoms with E-state index in [9.17, 15) is 0 Å². The fraction of sp³-hybridized carbons (Fsp3) is 0. The van der Waals surface area contributed by atoms with E-state index in [2.05, 4.69) is 23.2 Å². The molecule has 5 rings (SSSR count). The second kappa shape index (κ2) is 2.28. The highest BCUT2D eigenvalue weighted by atomic mass is 16.3. The monoisotopic (exact) mass is 193 g/mol. The minimum Gasteiger partial charge on any atom is -0.436 e. The van der Waals surface area contributed by atoms with Gasteiger partial charge in [0.25, 0.3) is 0 Å². The molecular formula is C13H7NO. The highest BCUT2D eigenvalue weighted by molar-refractivity contribution is 5.93. The Kier molecular flexibility index (Phi) is 1.10.